The van der Waals surface area contributed by atoms with E-state index in [1.165, 1.54) is 0 Å². The smallest absolute Gasteiger partial charge is 0.310 e. The monoisotopic (exact) mass is 304 g/mol. The number of piperidine rings is 1. The van der Waals surface area contributed by atoms with E-state index < -0.39 is 5.97 Å². The highest BCUT2D eigenvalue weighted by molar-refractivity contribution is 5.74. The number of anilines is 1. The second kappa shape index (κ2) is 5.90. The number of aliphatic carboxylic acids is 1. The molecule has 0 spiro atoms. The Morgan fingerprint density at radius 1 is 1.27 bits per heavy atom. The molecule has 1 aromatic rings. The van der Waals surface area contributed by atoms with Crippen molar-refractivity contribution in [2.24, 2.45) is 5.92 Å². The van der Waals surface area contributed by atoms with Gasteiger partial charge >= 0.3 is 5.97 Å². The zero-order valence-corrected chi connectivity index (χ0v) is 12.6. The molecular weight excluding hydrogens is 284 g/mol. The molecule has 22 heavy (non-hydrogen) atoms. The molecule has 0 unspecified atom stereocenters. The third-order valence-electron chi connectivity index (χ3n) is 4.44. The van der Waals surface area contributed by atoms with Gasteiger partial charge in [0.15, 0.2) is 0 Å². The standard InChI is InChI=1S/C15H20N4O3/c1-10(20)19-5-3-2-4-13(19)12-6-16-7-14(17-12)18-8-11(9-18)15(21)22/h6-7,11,13H,2-5,8-9H2,1H3,(H,21,22)/t13-/m1/s1. The molecule has 0 aliphatic carbocycles. The van der Waals surface area contributed by atoms with E-state index in [4.69, 9.17) is 5.11 Å². The normalized spacial score (nSPS) is 22.3. The molecule has 0 radical (unpaired) electrons. The molecule has 2 saturated heterocycles. The Morgan fingerprint density at radius 2 is 2.05 bits per heavy atom. The van der Waals surface area contributed by atoms with Crippen molar-refractivity contribution in [3.8, 4) is 0 Å². The number of amides is 1. The molecule has 1 amide bonds. The van der Waals surface area contributed by atoms with Crippen molar-refractivity contribution in [3.05, 3.63) is 18.1 Å². The molecule has 0 aromatic carbocycles. The molecule has 0 saturated carbocycles. The summed E-state index contributed by atoms with van der Waals surface area (Å²) in [7, 11) is 0. The number of carbonyl (C=O) groups excluding carboxylic acids is 1. The topological polar surface area (TPSA) is 86.6 Å². The number of carboxylic acids is 1. The first-order chi connectivity index (χ1) is 10.6. The minimum absolute atomic E-state index is 0.0183. The second-order valence-corrected chi connectivity index (χ2v) is 5.97. The maximum Gasteiger partial charge on any atom is 0.310 e. The highest BCUT2D eigenvalue weighted by Gasteiger charge is 2.34. The van der Waals surface area contributed by atoms with Crippen LogP contribution in [0.4, 0.5) is 5.82 Å². The average Bonchev–Trinajstić information content (AvgIpc) is 2.45. The molecule has 0 bridgehead atoms. The summed E-state index contributed by atoms with van der Waals surface area (Å²) in [5.41, 5.74) is 0.797. The third kappa shape index (κ3) is 2.75. The van der Waals surface area contributed by atoms with Gasteiger partial charge < -0.3 is 14.9 Å². The predicted octanol–water partition coefficient (Wildman–Crippen LogP) is 1.07. The van der Waals surface area contributed by atoms with Crippen LogP contribution in [0.15, 0.2) is 12.4 Å². The summed E-state index contributed by atoms with van der Waals surface area (Å²) in [6, 6.07) is -0.0183. The fraction of sp³-hybridized carbons (Fsp3) is 0.600. The highest BCUT2D eigenvalue weighted by Crippen LogP contribution is 2.31. The Balaban J connectivity index is 1.76. The summed E-state index contributed by atoms with van der Waals surface area (Å²) >= 11 is 0. The number of hydrogen-bond acceptors (Lipinski definition) is 5. The molecule has 1 aromatic heterocycles. The van der Waals surface area contributed by atoms with Gasteiger partial charge in [-0.2, -0.15) is 0 Å². The van der Waals surface area contributed by atoms with E-state index in [-0.39, 0.29) is 17.9 Å². The zero-order chi connectivity index (χ0) is 15.7. The fourth-order valence-electron chi connectivity index (χ4n) is 3.12. The first kappa shape index (κ1) is 14.7. The van der Waals surface area contributed by atoms with Crippen molar-refractivity contribution >= 4 is 17.7 Å². The quantitative estimate of drug-likeness (QED) is 0.899. The molecule has 1 atom stereocenters. The van der Waals surface area contributed by atoms with Crippen molar-refractivity contribution in [2.75, 3.05) is 24.5 Å². The summed E-state index contributed by atoms with van der Waals surface area (Å²) in [6.45, 7) is 3.28. The molecular formula is C15H20N4O3. The number of likely N-dealkylation sites (tertiary alicyclic amines) is 1. The van der Waals surface area contributed by atoms with Crippen molar-refractivity contribution in [2.45, 2.75) is 32.2 Å². The minimum atomic E-state index is -0.768. The minimum Gasteiger partial charge on any atom is -0.481 e. The number of nitrogens with zero attached hydrogens (tertiary/aromatic N) is 4. The largest absolute Gasteiger partial charge is 0.481 e. The molecule has 3 rings (SSSR count). The highest BCUT2D eigenvalue weighted by atomic mass is 16.4. The summed E-state index contributed by atoms with van der Waals surface area (Å²) in [5.74, 6) is -0.333. The van der Waals surface area contributed by atoms with E-state index in [0.717, 1.165) is 31.5 Å². The van der Waals surface area contributed by atoms with Gasteiger partial charge in [-0.1, -0.05) is 0 Å². The van der Waals surface area contributed by atoms with Crippen molar-refractivity contribution in [1.29, 1.82) is 0 Å². The molecule has 7 heteroatoms. The van der Waals surface area contributed by atoms with Crippen LogP contribution >= 0.6 is 0 Å². The van der Waals surface area contributed by atoms with Gasteiger partial charge in [0, 0.05) is 26.6 Å². The van der Waals surface area contributed by atoms with Crippen molar-refractivity contribution in [3.63, 3.8) is 0 Å². The van der Waals surface area contributed by atoms with E-state index in [2.05, 4.69) is 9.97 Å². The third-order valence-corrected chi connectivity index (χ3v) is 4.44. The Morgan fingerprint density at radius 3 is 2.73 bits per heavy atom. The van der Waals surface area contributed by atoms with E-state index >= 15 is 0 Å². The lowest BCUT2D eigenvalue weighted by molar-refractivity contribution is -0.142. The van der Waals surface area contributed by atoms with Crippen LogP contribution in [0.3, 0.4) is 0 Å². The van der Waals surface area contributed by atoms with Crippen molar-refractivity contribution in [1.82, 2.24) is 14.9 Å². The molecule has 1 N–H and O–H groups in total. The molecule has 118 valence electrons. The maximum atomic E-state index is 11.8. The van der Waals surface area contributed by atoms with E-state index in [1.807, 2.05) is 9.80 Å². The van der Waals surface area contributed by atoms with E-state index in [1.54, 1.807) is 19.3 Å². The van der Waals surface area contributed by atoms with Crippen LogP contribution in [0.25, 0.3) is 0 Å². The van der Waals surface area contributed by atoms with Gasteiger partial charge in [0.05, 0.1) is 30.0 Å². The Bertz CT molecular complexity index is 586. The van der Waals surface area contributed by atoms with Crippen LogP contribution in [-0.2, 0) is 9.59 Å². The number of carboxylic acid groups (broad SMARTS) is 1. The lowest BCUT2D eigenvalue weighted by Gasteiger charge is -2.38. The Kier molecular flexibility index (Phi) is 3.96. The fourth-order valence-corrected chi connectivity index (χ4v) is 3.12. The number of rotatable bonds is 3. The first-order valence-electron chi connectivity index (χ1n) is 7.63. The number of aromatic nitrogens is 2. The van der Waals surface area contributed by atoms with Crippen LogP contribution in [0.2, 0.25) is 0 Å². The van der Waals surface area contributed by atoms with Crippen LogP contribution < -0.4 is 4.90 Å². The van der Waals surface area contributed by atoms with Crippen LogP contribution in [0.5, 0.6) is 0 Å². The van der Waals surface area contributed by atoms with Crippen LogP contribution in [-0.4, -0.2) is 51.5 Å². The lowest BCUT2D eigenvalue weighted by Crippen LogP contribution is -2.51. The van der Waals surface area contributed by atoms with Gasteiger partial charge in [-0.3, -0.25) is 14.6 Å². The van der Waals surface area contributed by atoms with Crippen LogP contribution in [0, 0.1) is 5.92 Å². The Hall–Kier alpha value is -2.18. The number of carbonyl (C=O) groups is 2. The molecule has 2 fully saturated rings. The van der Waals surface area contributed by atoms with Gasteiger partial charge in [-0.15, -0.1) is 0 Å². The lowest BCUT2D eigenvalue weighted by atomic mass is 9.99. The van der Waals surface area contributed by atoms with Gasteiger partial charge in [0.2, 0.25) is 5.91 Å². The van der Waals surface area contributed by atoms with Gasteiger partial charge in [-0.05, 0) is 19.3 Å². The van der Waals surface area contributed by atoms with E-state index in [0.29, 0.717) is 18.9 Å². The molecule has 7 nitrogen and oxygen atoms in total. The summed E-state index contributed by atoms with van der Waals surface area (Å²) < 4.78 is 0. The Labute approximate surface area is 129 Å². The van der Waals surface area contributed by atoms with Gasteiger partial charge in [0.1, 0.15) is 5.82 Å². The molecule has 2 aliphatic heterocycles. The first-order valence-corrected chi connectivity index (χ1v) is 7.63. The van der Waals surface area contributed by atoms with Crippen LogP contribution in [0.1, 0.15) is 37.9 Å². The SMILES string of the molecule is CC(=O)N1CCCC[C@@H]1c1cncc(N2CC(C(=O)O)C2)n1. The van der Waals surface area contributed by atoms with E-state index in [9.17, 15) is 9.59 Å². The summed E-state index contributed by atoms with van der Waals surface area (Å²) in [6.07, 6.45) is 6.36. The van der Waals surface area contributed by atoms with Gasteiger partial charge in [0.25, 0.3) is 0 Å². The molecule has 2 aliphatic rings. The molecule has 3 heterocycles. The second-order valence-electron chi connectivity index (χ2n) is 5.97. The average molecular weight is 304 g/mol. The predicted molar refractivity (Wildman–Crippen MR) is 79.3 cm³/mol. The zero-order valence-electron chi connectivity index (χ0n) is 12.6. The van der Waals surface area contributed by atoms with Gasteiger partial charge in [-0.25, -0.2) is 4.98 Å². The van der Waals surface area contributed by atoms with Crippen molar-refractivity contribution < 1.29 is 14.7 Å². The summed E-state index contributed by atoms with van der Waals surface area (Å²) in [4.78, 5) is 35.3. The maximum absolute atomic E-state index is 11.8. The number of hydrogen-bond donors (Lipinski definition) is 1. The summed E-state index contributed by atoms with van der Waals surface area (Å²) in [5, 5.41) is 8.95.